The number of carbonyl (C=O) groups excluding carboxylic acids is 2. The van der Waals surface area contributed by atoms with Gasteiger partial charge in [-0.1, -0.05) is 68.5 Å². The molecule has 6 aliphatic rings. The standard InChI is InChI=1S/C43H55N5O7.C10H8O6S2/c1-6-39(52)21-25-22-42(38(51)55-5,33-27(13-17-47(23-25)24-39)26-11-8-9-12-30(26)45-33)29-19-28-31(20-32(29)54-4)46(3)35-41(28)15-18-48-16-10-14-40(7-2,34(41)48)36(49)43(35,53)37(44)50;11-17(12,13)9-5-1-3-7-8(9)4-2-6-10(7)18(14,15)16/h8-12,14,19-20,25,34-36,45,49,52-53H,6-7,13,15-18,21-24H2,1-5H3,(H2,44,50);1-6H,(H,11,12,13)(H,14,15,16)/t25-,34+,35-,36-,39+,40-,41-,42+,43+;/m1./s1. The van der Waals surface area contributed by atoms with Crippen molar-refractivity contribution >= 4 is 59.5 Å². The number of aromatic nitrogens is 1. The fourth-order valence-electron chi connectivity index (χ4n) is 14.8. The molecule has 73 heavy (non-hydrogen) atoms. The fraction of sp³-hybridized carbons (Fsp3) is 0.472. The molecule has 6 heterocycles. The highest BCUT2D eigenvalue weighted by molar-refractivity contribution is 7.86. The van der Waals surface area contributed by atoms with Crippen molar-refractivity contribution in [3.8, 4) is 5.75 Å². The zero-order chi connectivity index (χ0) is 52.4. The second-order valence-corrected chi connectivity index (χ2v) is 23.8. The first kappa shape index (κ1) is 51.1. The molecule has 5 aromatic rings. The predicted molar refractivity (Wildman–Crippen MR) is 272 cm³/mol. The molecule has 4 aromatic carbocycles. The molecule has 2 bridgehead atoms. The number of amides is 1. The Labute approximate surface area is 424 Å². The van der Waals surface area contributed by atoms with Crippen LogP contribution < -0.4 is 15.4 Å². The van der Waals surface area contributed by atoms with Gasteiger partial charge in [-0.05, 0) is 86.4 Å². The van der Waals surface area contributed by atoms with Gasteiger partial charge in [0.1, 0.15) is 27.1 Å². The molecule has 0 radical (unpaired) electrons. The minimum absolute atomic E-state index is 0.0233. The van der Waals surface area contributed by atoms with Crippen molar-refractivity contribution in [2.24, 2.45) is 17.1 Å². The number of aromatic amines is 1. The summed E-state index contributed by atoms with van der Waals surface area (Å²) in [5, 5.41) is 38.0. The van der Waals surface area contributed by atoms with E-state index in [9.17, 15) is 36.9 Å². The van der Waals surface area contributed by atoms with Gasteiger partial charge in [-0.15, -0.1) is 0 Å². The number of aliphatic hydroxyl groups is 3. The Bertz CT molecular complexity index is 3280. The Balaban J connectivity index is 0.000000287. The average Bonchev–Trinajstić information content (AvgIpc) is 4.03. The van der Waals surface area contributed by atoms with E-state index in [1.165, 1.54) is 31.4 Å². The van der Waals surface area contributed by atoms with Crippen LogP contribution in [0.25, 0.3) is 21.7 Å². The van der Waals surface area contributed by atoms with Crippen molar-refractivity contribution in [3.63, 3.8) is 0 Å². The number of piperidine rings is 1. The molecule has 3 fully saturated rings. The molecule has 10 atom stereocenters. The third-order valence-electron chi connectivity index (χ3n) is 17.6. The van der Waals surface area contributed by atoms with E-state index in [0.717, 1.165) is 58.6 Å². The quantitative estimate of drug-likeness (QED) is 0.0656. The molecule has 1 saturated carbocycles. The second kappa shape index (κ2) is 17.6. The minimum Gasteiger partial charge on any atom is -0.496 e. The lowest BCUT2D eigenvalue weighted by molar-refractivity contribution is -0.201. The lowest BCUT2D eigenvalue weighted by atomic mass is 9.47. The summed E-state index contributed by atoms with van der Waals surface area (Å²) in [6.07, 6.45) is 5.78. The molecule has 5 aliphatic heterocycles. The molecule has 1 amide bonds. The SMILES string of the molecule is CC[C@]1(O)C[C@H]2CN(CCc3c([nH]c4ccccc34)[C@@](C(=O)OC)(c3cc4c(cc3OC)N(C)[C@H]3[C@@](O)(C(N)=O)[C@H](O)[C@]5(CC)C=CCN6CC[C@]43[C@@H]65)C2)C1.O=S(=O)(O)c1cccc2c(S(=O)(=O)O)cccc12. The summed E-state index contributed by atoms with van der Waals surface area (Å²) in [7, 11) is -4.05. The van der Waals surface area contributed by atoms with Crippen LogP contribution in [0.2, 0.25) is 0 Å². The number of nitrogens with one attached hydrogen (secondary N) is 1. The van der Waals surface area contributed by atoms with Crippen LogP contribution >= 0.6 is 0 Å². The Hall–Kier alpha value is -5.42. The van der Waals surface area contributed by atoms with Gasteiger partial charge in [0.05, 0.1) is 25.9 Å². The number of methoxy groups -OCH3 is 2. The van der Waals surface area contributed by atoms with Gasteiger partial charge >= 0.3 is 5.97 Å². The number of ether oxygens (including phenoxy) is 2. The maximum absolute atomic E-state index is 15.2. The van der Waals surface area contributed by atoms with Crippen molar-refractivity contribution in [1.29, 1.82) is 0 Å². The molecule has 18 nitrogen and oxygen atoms in total. The first-order valence-electron chi connectivity index (χ1n) is 24.7. The summed E-state index contributed by atoms with van der Waals surface area (Å²) in [5.74, 6) is -1.00. The van der Waals surface area contributed by atoms with Gasteiger partial charge in [-0.3, -0.25) is 28.5 Å². The molecular weight excluding hydrogens is 979 g/mol. The topological polar surface area (TPSA) is 274 Å². The highest BCUT2D eigenvalue weighted by atomic mass is 32.2. The summed E-state index contributed by atoms with van der Waals surface area (Å²) in [6.45, 7) is 7.39. The Morgan fingerprint density at radius 2 is 1.51 bits per heavy atom. The molecule has 1 unspecified atom stereocenters. The molecule has 1 aromatic heterocycles. The van der Waals surface area contributed by atoms with Gasteiger partial charge in [0.25, 0.3) is 26.1 Å². The van der Waals surface area contributed by atoms with Gasteiger partial charge in [0.2, 0.25) is 0 Å². The number of hydrogen-bond donors (Lipinski definition) is 7. The summed E-state index contributed by atoms with van der Waals surface area (Å²) in [6, 6.07) is 18.5. The third kappa shape index (κ3) is 7.33. The molecule has 2 saturated heterocycles. The fourth-order valence-corrected chi connectivity index (χ4v) is 16.2. The smallest absolute Gasteiger partial charge is 0.322 e. The van der Waals surface area contributed by atoms with Gasteiger partial charge in [0.15, 0.2) is 5.60 Å². The number of aliphatic hydroxyl groups excluding tert-OH is 1. The lowest BCUT2D eigenvalue weighted by Gasteiger charge is -2.63. The van der Waals surface area contributed by atoms with E-state index in [-0.39, 0.29) is 22.7 Å². The number of likely N-dealkylation sites (N-methyl/N-ethyl adjacent to an activating group) is 1. The van der Waals surface area contributed by atoms with E-state index in [0.29, 0.717) is 69.5 Å². The number of fused-ring (bicyclic) bond motifs is 7. The number of rotatable bonds is 8. The highest BCUT2D eigenvalue weighted by Crippen LogP contribution is 2.67. The van der Waals surface area contributed by atoms with Crippen LogP contribution in [-0.4, -0.2) is 151 Å². The zero-order valence-corrected chi connectivity index (χ0v) is 43.0. The number of hydrogen-bond acceptors (Lipinski definition) is 14. The summed E-state index contributed by atoms with van der Waals surface area (Å²) in [4.78, 5) is 38.4. The Kier molecular flexibility index (Phi) is 12.3. The highest BCUT2D eigenvalue weighted by Gasteiger charge is 2.78. The van der Waals surface area contributed by atoms with Crippen LogP contribution in [0.3, 0.4) is 0 Å². The van der Waals surface area contributed by atoms with E-state index in [1.54, 1.807) is 7.11 Å². The van der Waals surface area contributed by atoms with Gasteiger partial charge in [0, 0.05) is 94.8 Å². The molecule has 11 rings (SSSR count). The maximum Gasteiger partial charge on any atom is 0.322 e. The van der Waals surface area contributed by atoms with Crippen molar-refractivity contribution in [2.45, 2.75) is 102 Å². The van der Waals surface area contributed by atoms with Gasteiger partial charge < -0.3 is 40.4 Å². The van der Waals surface area contributed by atoms with Crippen LogP contribution in [0, 0.1) is 11.3 Å². The predicted octanol–water partition coefficient (Wildman–Crippen LogP) is 4.07. The Morgan fingerprint density at radius 1 is 0.849 bits per heavy atom. The molecule has 390 valence electrons. The number of nitrogens with two attached hydrogens (primary N) is 1. The molecular formula is C53H63N5O13S2. The van der Waals surface area contributed by atoms with E-state index >= 15 is 4.79 Å². The van der Waals surface area contributed by atoms with Crippen LogP contribution in [0.5, 0.6) is 5.75 Å². The van der Waals surface area contributed by atoms with Crippen LogP contribution in [-0.2, 0) is 51.8 Å². The summed E-state index contributed by atoms with van der Waals surface area (Å²) >= 11 is 0. The van der Waals surface area contributed by atoms with Crippen molar-refractivity contribution in [2.75, 3.05) is 58.9 Å². The number of benzene rings is 4. The first-order valence-corrected chi connectivity index (χ1v) is 27.6. The summed E-state index contributed by atoms with van der Waals surface area (Å²) < 4.78 is 74.9. The molecule has 1 spiro atoms. The molecule has 20 heteroatoms. The van der Waals surface area contributed by atoms with E-state index in [4.69, 9.17) is 24.3 Å². The van der Waals surface area contributed by atoms with Crippen LogP contribution in [0.1, 0.15) is 68.3 Å². The normalized spacial score (nSPS) is 32.5. The Morgan fingerprint density at radius 3 is 2.11 bits per heavy atom. The number of anilines is 1. The number of para-hydroxylation sites is 1. The maximum atomic E-state index is 15.2. The van der Waals surface area contributed by atoms with Crippen molar-refractivity contribution in [3.05, 3.63) is 107 Å². The largest absolute Gasteiger partial charge is 0.496 e. The van der Waals surface area contributed by atoms with Crippen LogP contribution in [0.15, 0.2) is 94.7 Å². The minimum atomic E-state index is -4.47. The number of primary amides is 1. The third-order valence-corrected chi connectivity index (χ3v) is 19.5. The lowest BCUT2D eigenvalue weighted by Crippen LogP contribution is -2.81. The number of esters is 1. The number of carbonyl (C=O) groups is 2. The van der Waals surface area contributed by atoms with E-state index in [2.05, 4.69) is 26.9 Å². The summed E-state index contributed by atoms with van der Waals surface area (Å²) in [5.41, 5.74) is 4.72. The van der Waals surface area contributed by atoms with Crippen molar-refractivity contribution < 1.29 is 60.3 Å². The average molecular weight is 1040 g/mol. The monoisotopic (exact) mass is 1040 g/mol. The van der Waals surface area contributed by atoms with E-state index in [1.807, 2.05) is 62.2 Å². The van der Waals surface area contributed by atoms with E-state index < -0.39 is 81.5 Å². The number of nitrogens with zero attached hydrogens (tertiary/aromatic N) is 3. The van der Waals surface area contributed by atoms with Crippen molar-refractivity contribution in [1.82, 2.24) is 14.8 Å². The first-order chi connectivity index (χ1) is 34.5. The second-order valence-electron chi connectivity index (χ2n) is 21.0. The zero-order valence-electron chi connectivity index (χ0n) is 41.4. The van der Waals surface area contributed by atoms with Crippen LogP contribution in [0.4, 0.5) is 5.69 Å². The number of H-pyrrole nitrogens is 1. The molecule has 8 N–H and O–H groups in total. The molecule has 1 aliphatic carbocycles. The van der Waals surface area contributed by atoms with Gasteiger partial charge in [-0.25, -0.2) is 0 Å². The van der Waals surface area contributed by atoms with Gasteiger partial charge in [-0.2, -0.15) is 16.8 Å².